The maximum absolute atomic E-state index is 12.2. The molecule has 0 bridgehead atoms. The Morgan fingerprint density at radius 1 is 1.35 bits per heavy atom. The summed E-state index contributed by atoms with van der Waals surface area (Å²) in [7, 11) is 3.00. The van der Waals surface area contributed by atoms with Gasteiger partial charge in [0.25, 0.3) is 5.56 Å². The zero-order chi connectivity index (χ0) is 17.1. The van der Waals surface area contributed by atoms with Gasteiger partial charge in [0.05, 0.1) is 18.9 Å². The predicted octanol–water partition coefficient (Wildman–Crippen LogP) is -1.29. The number of aliphatic hydroxyl groups excluding tert-OH is 1. The first-order valence-electron chi connectivity index (χ1n) is 7.38. The Kier molecular flexibility index (Phi) is 4.99. The van der Waals surface area contributed by atoms with Crippen LogP contribution in [0.5, 0.6) is 0 Å². The van der Waals surface area contributed by atoms with Crippen molar-refractivity contribution in [3.8, 4) is 0 Å². The van der Waals surface area contributed by atoms with Crippen LogP contribution in [0.3, 0.4) is 0 Å². The first-order valence-corrected chi connectivity index (χ1v) is 7.38. The van der Waals surface area contributed by atoms with Gasteiger partial charge in [0, 0.05) is 27.2 Å². The number of carbonyl (C=O) groups is 1. The van der Waals surface area contributed by atoms with Gasteiger partial charge >= 0.3 is 5.69 Å². The molecule has 126 valence electrons. The fourth-order valence-electron chi connectivity index (χ4n) is 2.38. The Morgan fingerprint density at radius 2 is 2.04 bits per heavy atom. The van der Waals surface area contributed by atoms with E-state index in [9.17, 15) is 14.4 Å². The second-order valence-electron chi connectivity index (χ2n) is 5.57. The van der Waals surface area contributed by atoms with Gasteiger partial charge in [0.2, 0.25) is 5.91 Å². The molecule has 0 fully saturated rings. The highest BCUT2D eigenvalue weighted by atomic mass is 16.3. The first-order chi connectivity index (χ1) is 10.8. The summed E-state index contributed by atoms with van der Waals surface area (Å²) >= 11 is 0. The SMILES string of the molecule is CC(O)CC(=O)NCCCn1cnc2c1c(=O)n(C)c(=O)n2C. The van der Waals surface area contributed by atoms with Crippen LogP contribution in [0.1, 0.15) is 19.8 Å². The zero-order valence-corrected chi connectivity index (χ0v) is 13.4. The van der Waals surface area contributed by atoms with Gasteiger partial charge in [-0.15, -0.1) is 0 Å². The number of nitrogens with one attached hydrogen (secondary N) is 1. The maximum Gasteiger partial charge on any atom is 0.332 e. The lowest BCUT2D eigenvalue weighted by molar-refractivity contribution is -0.122. The number of amides is 1. The van der Waals surface area contributed by atoms with E-state index in [0.717, 1.165) is 4.57 Å². The lowest BCUT2D eigenvalue weighted by Gasteiger charge is -2.08. The summed E-state index contributed by atoms with van der Waals surface area (Å²) in [6, 6.07) is 0. The van der Waals surface area contributed by atoms with Crippen molar-refractivity contribution in [2.45, 2.75) is 32.4 Å². The maximum atomic E-state index is 12.2. The van der Waals surface area contributed by atoms with Crippen molar-refractivity contribution in [2.24, 2.45) is 14.1 Å². The van der Waals surface area contributed by atoms with Gasteiger partial charge in [-0.25, -0.2) is 9.78 Å². The van der Waals surface area contributed by atoms with E-state index in [1.807, 2.05) is 0 Å². The molecule has 0 aliphatic heterocycles. The fraction of sp³-hybridized carbons (Fsp3) is 0.571. The number of aromatic nitrogens is 4. The van der Waals surface area contributed by atoms with E-state index in [2.05, 4.69) is 10.3 Å². The molecule has 0 aliphatic rings. The molecule has 0 aliphatic carbocycles. The number of aliphatic hydroxyl groups is 1. The molecule has 1 atom stereocenters. The topological polar surface area (TPSA) is 111 Å². The summed E-state index contributed by atoms with van der Waals surface area (Å²) in [5, 5.41) is 11.8. The molecule has 2 aromatic rings. The van der Waals surface area contributed by atoms with Crippen LogP contribution in [0.4, 0.5) is 0 Å². The minimum absolute atomic E-state index is 0.0661. The van der Waals surface area contributed by atoms with E-state index < -0.39 is 17.4 Å². The van der Waals surface area contributed by atoms with Crippen LogP contribution in [-0.4, -0.2) is 42.3 Å². The van der Waals surface area contributed by atoms with E-state index in [4.69, 9.17) is 5.11 Å². The highest BCUT2D eigenvalue weighted by Gasteiger charge is 2.14. The van der Waals surface area contributed by atoms with Crippen molar-refractivity contribution in [1.82, 2.24) is 24.0 Å². The number of aryl methyl sites for hydroxylation is 2. The second kappa shape index (κ2) is 6.78. The Balaban J connectivity index is 2.09. The molecule has 1 amide bonds. The molecule has 9 heteroatoms. The number of carbonyl (C=O) groups excluding carboxylic acids is 1. The van der Waals surface area contributed by atoms with Crippen LogP contribution >= 0.6 is 0 Å². The van der Waals surface area contributed by atoms with Gasteiger partial charge < -0.3 is 15.0 Å². The van der Waals surface area contributed by atoms with Gasteiger partial charge in [0.15, 0.2) is 11.2 Å². The van der Waals surface area contributed by atoms with Gasteiger partial charge in [-0.3, -0.25) is 18.7 Å². The molecule has 0 aromatic carbocycles. The van der Waals surface area contributed by atoms with Gasteiger partial charge in [-0.1, -0.05) is 0 Å². The lowest BCUT2D eigenvalue weighted by atomic mass is 10.2. The summed E-state index contributed by atoms with van der Waals surface area (Å²) < 4.78 is 4.06. The highest BCUT2D eigenvalue weighted by molar-refractivity contribution is 5.76. The Hall–Kier alpha value is -2.42. The zero-order valence-electron chi connectivity index (χ0n) is 13.4. The third-order valence-electron chi connectivity index (χ3n) is 3.60. The monoisotopic (exact) mass is 323 g/mol. The van der Waals surface area contributed by atoms with E-state index in [-0.39, 0.29) is 12.3 Å². The molecule has 0 spiro atoms. The molecule has 2 heterocycles. The molecule has 2 aromatic heterocycles. The number of imidazole rings is 1. The Morgan fingerprint density at radius 3 is 2.70 bits per heavy atom. The van der Waals surface area contributed by atoms with Gasteiger partial charge in [-0.05, 0) is 13.3 Å². The number of hydrogen-bond donors (Lipinski definition) is 2. The summed E-state index contributed by atoms with van der Waals surface area (Å²) in [6.07, 6.45) is 1.51. The third-order valence-corrected chi connectivity index (χ3v) is 3.60. The van der Waals surface area contributed by atoms with Crippen LogP contribution in [0.15, 0.2) is 15.9 Å². The molecular weight excluding hydrogens is 302 g/mol. The van der Waals surface area contributed by atoms with Crippen LogP contribution in [0.25, 0.3) is 11.2 Å². The van der Waals surface area contributed by atoms with Crippen molar-refractivity contribution in [3.05, 3.63) is 27.2 Å². The van der Waals surface area contributed by atoms with E-state index in [1.54, 1.807) is 18.5 Å². The summed E-state index contributed by atoms with van der Waals surface area (Å²) in [6.45, 7) is 2.47. The second-order valence-corrected chi connectivity index (χ2v) is 5.57. The fourth-order valence-corrected chi connectivity index (χ4v) is 2.38. The smallest absolute Gasteiger partial charge is 0.332 e. The third kappa shape index (κ3) is 3.50. The number of nitrogens with zero attached hydrogens (tertiary/aromatic N) is 4. The van der Waals surface area contributed by atoms with Crippen molar-refractivity contribution >= 4 is 17.1 Å². The molecule has 9 nitrogen and oxygen atoms in total. The van der Waals surface area contributed by atoms with E-state index in [0.29, 0.717) is 30.7 Å². The van der Waals surface area contributed by atoms with Crippen molar-refractivity contribution in [3.63, 3.8) is 0 Å². The van der Waals surface area contributed by atoms with Crippen molar-refractivity contribution in [1.29, 1.82) is 0 Å². The number of hydrogen-bond acceptors (Lipinski definition) is 5. The number of rotatable bonds is 6. The first kappa shape index (κ1) is 16.9. The van der Waals surface area contributed by atoms with Crippen LogP contribution in [0.2, 0.25) is 0 Å². The molecule has 2 N–H and O–H groups in total. The molecule has 2 rings (SSSR count). The summed E-state index contributed by atoms with van der Waals surface area (Å²) in [4.78, 5) is 39.6. The molecule has 0 saturated carbocycles. The van der Waals surface area contributed by atoms with Gasteiger partial charge in [0.1, 0.15) is 0 Å². The molecule has 0 radical (unpaired) electrons. The van der Waals surface area contributed by atoms with E-state index in [1.165, 1.54) is 17.9 Å². The summed E-state index contributed by atoms with van der Waals surface area (Å²) in [5.74, 6) is -0.214. The van der Waals surface area contributed by atoms with Crippen LogP contribution in [0, 0.1) is 0 Å². The quantitative estimate of drug-likeness (QED) is 0.643. The van der Waals surface area contributed by atoms with Crippen molar-refractivity contribution in [2.75, 3.05) is 6.54 Å². The predicted molar refractivity (Wildman–Crippen MR) is 84.1 cm³/mol. The average molecular weight is 323 g/mol. The summed E-state index contributed by atoms with van der Waals surface area (Å²) in [5.41, 5.74) is -0.0991. The Bertz CT molecular complexity index is 830. The normalized spacial score (nSPS) is 12.5. The van der Waals surface area contributed by atoms with Crippen molar-refractivity contribution < 1.29 is 9.90 Å². The minimum Gasteiger partial charge on any atom is -0.393 e. The largest absolute Gasteiger partial charge is 0.393 e. The molecule has 1 unspecified atom stereocenters. The Labute approximate surface area is 132 Å². The lowest BCUT2D eigenvalue weighted by Crippen LogP contribution is -2.37. The molecular formula is C14H21N5O4. The van der Waals surface area contributed by atoms with Gasteiger partial charge in [-0.2, -0.15) is 0 Å². The minimum atomic E-state index is -0.670. The van der Waals surface area contributed by atoms with E-state index >= 15 is 0 Å². The van der Waals surface area contributed by atoms with Crippen LogP contribution < -0.4 is 16.6 Å². The number of fused-ring (bicyclic) bond motifs is 1. The molecule has 0 saturated heterocycles. The highest BCUT2D eigenvalue weighted by Crippen LogP contribution is 2.05. The average Bonchev–Trinajstić information content (AvgIpc) is 2.90. The van der Waals surface area contributed by atoms with Crippen LogP contribution in [-0.2, 0) is 25.4 Å². The standard InChI is InChI=1S/C14H21N5O4/c1-9(20)7-10(21)15-5-4-6-19-8-16-12-11(19)13(22)18(3)14(23)17(12)2/h8-9,20H,4-7H2,1-3H3,(H,15,21). The molecule has 23 heavy (non-hydrogen) atoms.